The number of amides is 5. The second-order valence-electron chi connectivity index (χ2n) is 26.8. The molecule has 504 valence electrons. The number of ether oxygens (including phenoxy) is 7. The van der Waals surface area contributed by atoms with Crippen LogP contribution in [0.1, 0.15) is 233 Å². The number of alkyl halides is 2. The van der Waals surface area contributed by atoms with Crippen LogP contribution in [0.2, 0.25) is 0 Å². The minimum atomic E-state index is -0.932. The number of carboxylic acid groups (broad SMARTS) is 1. The smallest absolute Gasteiger partial charge is 0.480 e. The average Bonchev–Trinajstić information content (AvgIpc) is 1.87. The molecule has 21 nitrogen and oxygen atoms in total. The van der Waals surface area contributed by atoms with Crippen molar-refractivity contribution in [3.05, 3.63) is 26.1 Å². The first-order valence-electron chi connectivity index (χ1n) is 28.8. The van der Waals surface area contributed by atoms with Gasteiger partial charge in [0.25, 0.3) is 0 Å². The van der Waals surface area contributed by atoms with Gasteiger partial charge in [-0.15, -0.1) is 11.6 Å². The number of rotatable bonds is 4. The molecular formula is C63H114ClIN4O17Zn. The Morgan fingerprint density at radius 3 is 1.13 bits per heavy atom. The number of aliphatic carboxylic acids is 1. The number of esters is 3. The summed E-state index contributed by atoms with van der Waals surface area (Å²) in [5.74, 6) is -1.85. The van der Waals surface area contributed by atoms with Gasteiger partial charge < -0.3 is 52.1 Å². The van der Waals surface area contributed by atoms with E-state index in [1.54, 1.807) is 135 Å². The van der Waals surface area contributed by atoms with Crippen molar-refractivity contribution in [1.29, 1.82) is 0 Å². The number of fused-ring (bicyclic) bond motifs is 2. The van der Waals surface area contributed by atoms with E-state index in [1.165, 1.54) is 9.80 Å². The van der Waals surface area contributed by atoms with E-state index in [1.807, 2.05) is 55.4 Å². The normalized spacial score (nSPS) is 21.8. The summed E-state index contributed by atoms with van der Waals surface area (Å²) in [5, 5.41) is 9.02. The van der Waals surface area contributed by atoms with Gasteiger partial charge in [-0.1, -0.05) is 57.4 Å². The molecule has 0 aromatic rings. The minimum absolute atomic E-state index is 0. The van der Waals surface area contributed by atoms with Crippen molar-refractivity contribution >= 4 is 88.3 Å². The second kappa shape index (κ2) is 38.6. The van der Waals surface area contributed by atoms with E-state index in [9.17, 15) is 43.2 Å². The summed E-state index contributed by atoms with van der Waals surface area (Å²) in [6, 6.07) is -2.46. The Balaban J connectivity index is -0.000000325. The standard InChI is InChI=1S/C15H25NO4.C14H23NO5.C14H23NO4.C11H17NO4.C2H6.2C2H5.CH2ClI.2CH4.Zn/c1-14(2,3)19-12(17)11-8-9-7-10(9)16(11)13(18)20-15(4,5)6;1-13(2,3)19-11(17)9-7-8-10(16)15(9)12(18)20-14(4,5)6;1-13(2,3)18-11(16)10-8-7-9-15(10)12(17)19-14(4,5)6;1-11(2,3)16-10(15)12-7-4-6(7)5-8(12)9(13)14;3*1-2;2-1-3;;;/h9-11H,7-8H2,1-6H3;9H,7-8H2,1-6H3;7,9-10H,8H2,1-6H3;6-8H,4-5H2,1-3H3,(H,13,14);1-2H3;2*1H2,2H3;1H2;2*1H4;/q;;;;;2*-1;;;;+2/t9-,10-,11-;9-;10-;6-,7-,8+;;;;;;;/m1111......./s1. The topological polar surface area (TPSA) is 251 Å². The van der Waals surface area contributed by atoms with E-state index < -0.39 is 112 Å². The van der Waals surface area contributed by atoms with Crippen molar-refractivity contribution in [2.75, 3.05) is 3.89 Å². The number of halogens is 2. The zero-order valence-corrected chi connectivity index (χ0v) is 62.0. The molecule has 24 heteroatoms. The Kier molecular flexibility index (Phi) is 40.8. The predicted molar refractivity (Wildman–Crippen MR) is 345 cm³/mol. The molecule has 5 fully saturated rings. The van der Waals surface area contributed by atoms with E-state index >= 15 is 0 Å². The molecule has 0 bridgehead atoms. The summed E-state index contributed by atoms with van der Waals surface area (Å²) in [7, 11) is 0. The van der Waals surface area contributed by atoms with Crippen molar-refractivity contribution in [3.8, 4) is 0 Å². The van der Waals surface area contributed by atoms with Crippen molar-refractivity contribution in [1.82, 2.24) is 19.6 Å². The summed E-state index contributed by atoms with van der Waals surface area (Å²) in [5.41, 5.74) is -4.22. The monoisotopic (exact) mass is 1420 g/mol. The molecule has 4 aliphatic heterocycles. The maximum Gasteiger partial charge on any atom is 2.00 e. The summed E-state index contributed by atoms with van der Waals surface area (Å²) < 4.78 is 37.7. The van der Waals surface area contributed by atoms with Gasteiger partial charge >= 0.3 is 67.7 Å². The largest absolute Gasteiger partial charge is 2.00 e. The number of nitrogens with zero attached hydrogens (tertiary/aromatic N) is 4. The SMILES string of the molecule is C.C.CC.CC(C)(C)OC(=O)N1[C@@H]2C[C@@H]2C[C@H]1C(=O)O.CC(C)(C)OC(=O)[C@H]1CC=CN1C(=O)OC(C)(C)C.CC(C)(C)OC(=O)[C@H]1CCC(=O)N1C(=O)OC(C)(C)C.CC(C)(C)OC(=O)[C@H]1C[C@H]2C[C@H]2N1C(=O)OC(C)(C)C.ClCI.[CH2-]C.[CH2-]C.[Zn+2]. The average molecular weight is 1430 g/mol. The third-order valence-corrected chi connectivity index (χ3v) is 11.1. The number of hydrogen-bond donors (Lipinski definition) is 1. The van der Waals surface area contributed by atoms with Gasteiger partial charge in [0.15, 0.2) is 0 Å². The number of carboxylic acids is 1. The van der Waals surface area contributed by atoms with Crippen molar-refractivity contribution in [2.45, 2.75) is 308 Å². The summed E-state index contributed by atoms with van der Waals surface area (Å²) in [6.45, 7) is 51.4. The number of piperidine rings is 2. The number of likely N-dealkylation sites (tertiary alicyclic amines) is 3. The van der Waals surface area contributed by atoms with Crippen LogP contribution >= 0.6 is 34.2 Å². The molecule has 4 heterocycles. The molecule has 5 amide bonds. The van der Waals surface area contributed by atoms with Crippen LogP contribution in [0.15, 0.2) is 12.3 Å². The molecule has 2 saturated carbocycles. The number of carbonyl (C=O) groups excluding carboxylic acids is 8. The fourth-order valence-corrected chi connectivity index (χ4v) is 8.29. The van der Waals surface area contributed by atoms with Gasteiger partial charge in [0.05, 0.1) is 3.89 Å². The first kappa shape index (κ1) is 91.7. The first-order valence-corrected chi connectivity index (χ1v) is 30.9. The van der Waals surface area contributed by atoms with Gasteiger partial charge in [-0.3, -0.25) is 19.5 Å². The van der Waals surface area contributed by atoms with Crippen molar-refractivity contribution in [2.24, 2.45) is 11.8 Å². The quantitative estimate of drug-likeness (QED) is 0.0686. The van der Waals surface area contributed by atoms with Crippen molar-refractivity contribution in [3.63, 3.8) is 0 Å². The molecule has 0 spiro atoms. The van der Waals surface area contributed by atoms with Crippen LogP contribution in [0.5, 0.6) is 0 Å². The van der Waals surface area contributed by atoms with E-state index in [4.69, 9.17) is 49.9 Å². The Bertz CT molecular complexity index is 2200. The van der Waals surface area contributed by atoms with Crippen LogP contribution in [0.3, 0.4) is 0 Å². The molecule has 2 aliphatic carbocycles. The van der Waals surface area contributed by atoms with Crippen LogP contribution in [-0.4, -0.2) is 158 Å². The maximum atomic E-state index is 12.3. The van der Waals surface area contributed by atoms with Crippen LogP contribution < -0.4 is 0 Å². The van der Waals surface area contributed by atoms with Crippen LogP contribution in [0.4, 0.5) is 19.2 Å². The van der Waals surface area contributed by atoms with E-state index in [0.717, 1.165) is 17.7 Å². The molecule has 6 rings (SSSR count). The van der Waals surface area contributed by atoms with Crippen molar-refractivity contribution < 1.29 is 101 Å². The molecule has 0 aromatic carbocycles. The first-order chi connectivity index (χ1) is 38.1. The zero-order valence-electron chi connectivity index (χ0n) is 56.1. The third-order valence-electron chi connectivity index (χ3n) is 11.1. The van der Waals surface area contributed by atoms with Gasteiger partial charge in [-0.05, 0) is 196 Å². The minimum Gasteiger partial charge on any atom is -0.480 e. The molecule has 3 saturated heterocycles. The fraction of sp³-hybridized carbons (Fsp3) is 0.794. The van der Waals surface area contributed by atoms with Crippen LogP contribution in [0, 0.1) is 25.7 Å². The Labute approximate surface area is 555 Å². The summed E-state index contributed by atoms with van der Waals surface area (Å²) in [6.07, 6.45) is 5.13. The van der Waals surface area contributed by atoms with E-state index in [2.05, 4.69) is 36.4 Å². The third kappa shape index (κ3) is 35.3. The van der Waals surface area contributed by atoms with Crippen LogP contribution in [-0.2, 0) is 76.6 Å². The molecule has 8 atom stereocenters. The number of imide groups is 1. The molecular weight excluding hydrogens is 1310 g/mol. The molecule has 6 aliphatic rings. The Morgan fingerprint density at radius 2 is 0.793 bits per heavy atom. The molecule has 87 heavy (non-hydrogen) atoms. The van der Waals surface area contributed by atoms with Gasteiger partial charge in [0.1, 0.15) is 63.4 Å². The second-order valence-corrected chi connectivity index (χ2v) is 28.7. The summed E-state index contributed by atoms with van der Waals surface area (Å²) in [4.78, 5) is 112. The molecule has 0 unspecified atom stereocenters. The number of hydrogen-bond acceptors (Lipinski definition) is 16. The van der Waals surface area contributed by atoms with E-state index in [-0.39, 0.29) is 65.2 Å². The fourth-order valence-electron chi connectivity index (χ4n) is 8.29. The Hall–Kier alpha value is -3.99. The summed E-state index contributed by atoms with van der Waals surface area (Å²) >= 11 is 7.04. The molecule has 0 radical (unpaired) electrons. The predicted octanol–water partition coefficient (Wildman–Crippen LogP) is 14.9. The number of carbonyl (C=O) groups is 9. The van der Waals surface area contributed by atoms with Crippen LogP contribution in [0.25, 0.3) is 0 Å². The van der Waals surface area contributed by atoms with Gasteiger partial charge in [0.2, 0.25) is 5.91 Å². The van der Waals surface area contributed by atoms with Gasteiger partial charge in [-0.25, -0.2) is 43.3 Å². The zero-order chi connectivity index (χ0) is 66.6. The van der Waals surface area contributed by atoms with E-state index in [0.29, 0.717) is 35.0 Å². The van der Waals surface area contributed by atoms with Gasteiger partial charge in [0, 0.05) is 24.7 Å². The molecule has 1 N–H and O–H groups in total. The van der Waals surface area contributed by atoms with Gasteiger partial charge in [-0.2, -0.15) is 13.8 Å². The molecule has 0 aromatic heterocycles. The maximum absolute atomic E-state index is 12.3. The Morgan fingerprint density at radius 1 is 0.506 bits per heavy atom.